The highest BCUT2D eigenvalue weighted by Crippen LogP contribution is 2.40. The maximum absolute atomic E-state index is 12.6. The van der Waals surface area contributed by atoms with E-state index in [9.17, 15) is 4.79 Å². The first-order chi connectivity index (χ1) is 13.6. The number of nitrogens with one attached hydrogen (secondary N) is 1. The summed E-state index contributed by atoms with van der Waals surface area (Å²) < 4.78 is 2.20. The van der Waals surface area contributed by atoms with Crippen LogP contribution in [-0.2, 0) is 11.2 Å². The fourth-order valence-corrected chi connectivity index (χ4v) is 4.54. The van der Waals surface area contributed by atoms with Crippen molar-refractivity contribution in [1.29, 1.82) is 5.26 Å². The molecule has 0 radical (unpaired) electrons. The number of hydrogen-bond donors (Lipinski definition) is 1. The van der Waals surface area contributed by atoms with Crippen molar-refractivity contribution in [2.45, 2.75) is 42.6 Å². The number of thiophene rings is 1. The molecule has 1 aromatic carbocycles. The highest BCUT2D eigenvalue weighted by atomic mass is 32.2. The van der Waals surface area contributed by atoms with Gasteiger partial charge in [0, 0.05) is 23.0 Å². The Morgan fingerprint density at radius 1 is 1.39 bits per heavy atom. The number of carbonyl (C=O) groups excluding carboxylic acids is 1. The van der Waals surface area contributed by atoms with Gasteiger partial charge >= 0.3 is 0 Å². The van der Waals surface area contributed by atoms with Crippen LogP contribution < -0.4 is 5.32 Å². The average Bonchev–Trinajstić information content (AvgIpc) is 3.26. The Morgan fingerprint density at radius 3 is 2.96 bits per heavy atom. The monoisotopic (exact) mass is 409 g/mol. The van der Waals surface area contributed by atoms with Crippen LogP contribution in [0, 0.1) is 11.3 Å². The molecule has 142 valence electrons. The fourth-order valence-electron chi connectivity index (χ4n) is 2.90. The first-order valence-corrected chi connectivity index (χ1v) is 10.8. The second-order valence-electron chi connectivity index (χ2n) is 6.70. The fraction of sp³-hybridized carbons (Fsp3) is 0.300. The average molecular weight is 410 g/mol. The minimum atomic E-state index is -0.331. The maximum Gasteiger partial charge on any atom is 0.237 e. The molecule has 1 unspecified atom stereocenters. The van der Waals surface area contributed by atoms with Gasteiger partial charge in [-0.05, 0) is 49.4 Å². The minimum absolute atomic E-state index is 0.120. The summed E-state index contributed by atoms with van der Waals surface area (Å²) in [6.07, 6.45) is 3.03. The van der Waals surface area contributed by atoms with Crippen LogP contribution in [-0.4, -0.2) is 25.9 Å². The second-order valence-corrected chi connectivity index (χ2v) is 9.04. The summed E-state index contributed by atoms with van der Waals surface area (Å²) in [5, 5.41) is 23.2. The third-order valence-corrected chi connectivity index (χ3v) is 6.40. The van der Waals surface area contributed by atoms with Gasteiger partial charge in [0.1, 0.15) is 5.82 Å². The first kappa shape index (κ1) is 18.7. The quantitative estimate of drug-likeness (QED) is 0.590. The van der Waals surface area contributed by atoms with Crippen LogP contribution >= 0.6 is 23.1 Å². The third kappa shape index (κ3) is 4.26. The molecule has 0 saturated heterocycles. The van der Waals surface area contributed by atoms with E-state index in [1.54, 1.807) is 35.6 Å². The van der Waals surface area contributed by atoms with Gasteiger partial charge < -0.3 is 9.88 Å². The molecule has 0 aliphatic heterocycles. The Balaban J connectivity index is 1.46. The zero-order valence-corrected chi connectivity index (χ0v) is 17.0. The number of nitrogens with zero attached hydrogens (tertiary/aromatic N) is 4. The van der Waals surface area contributed by atoms with Gasteiger partial charge in [-0.15, -0.1) is 21.5 Å². The highest BCUT2D eigenvalue weighted by molar-refractivity contribution is 8.00. The van der Waals surface area contributed by atoms with Crippen molar-refractivity contribution in [2.75, 3.05) is 5.32 Å². The zero-order valence-electron chi connectivity index (χ0n) is 15.3. The van der Waals surface area contributed by atoms with Crippen molar-refractivity contribution in [3.05, 3.63) is 58.0 Å². The molecular formula is C20H19N5OS2. The minimum Gasteiger partial charge on any atom is -0.325 e. The Bertz CT molecular complexity index is 1020. The van der Waals surface area contributed by atoms with Crippen molar-refractivity contribution >= 4 is 34.7 Å². The topological polar surface area (TPSA) is 83.6 Å². The van der Waals surface area contributed by atoms with Gasteiger partial charge in [-0.25, -0.2) is 0 Å². The van der Waals surface area contributed by atoms with E-state index >= 15 is 0 Å². The van der Waals surface area contributed by atoms with E-state index in [1.165, 1.54) is 16.6 Å². The van der Waals surface area contributed by atoms with Crippen molar-refractivity contribution in [3.63, 3.8) is 0 Å². The van der Waals surface area contributed by atoms with Crippen LogP contribution in [0.1, 0.15) is 42.1 Å². The van der Waals surface area contributed by atoms with Gasteiger partial charge in [-0.3, -0.25) is 4.79 Å². The van der Waals surface area contributed by atoms with E-state index in [0.717, 1.165) is 30.2 Å². The Kier molecular flexibility index (Phi) is 5.46. The van der Waals surface area contributed by atoms with Gasteiger partial charge in [0.2, 0.25) is 5.91 Å². The first-order valence-electron chi connectivity index (χ1n) is 9.08. The number of nitriles is 1. The third-order valence-electron chi connectivity index (χ3n) is 4.47. The highest BCUT2D eigenvalue weighted by Gasteiger charge is 2.31. The summed E-state index contributed by atoms with van der Waals surface area (Å²) in [5.41, 5.74) is 1.14. The van der Waals surface area contributed by atoms with E-state index in [1.807, 2.05) is 13.0 Å². The summed E-state index contributed by atoms with van der Waals surface area (Å²) in [6.45, 7) is 1.86. The molecule has 1 fully saturated rings. The normalized spacial score (nSPS) is 14.4. The van der Waals surface area contributed by atoms with Crippen LogP contribution in [0.25, 0.3) is 0 Å². The largest absolute Gasteiger partial charge is 0.325 e. The lowest BCUT2D eigenvalue weighted by Gasteiger charge is -2.13. The molecule has 1 amide bonds. The predicted molar refractivity (Wildman–Crippen MR) is 111 cm³/mol. The van der Waals surface area contributed by atoms with Crippen LogP contribution in [0.3, 0.4) is 0 Å². The number of carbonyl (C=O) groups is 1. The molecule has 3 aromatic rings. The number of anilines is 1. The predicted octanol–water partition coefficient (Wildman–Crippen LogP) is 4.26. The van der Waals surface area contributed by atoms with Gasteiger partial charge in [0.25, 0.3) is 0 Å². The number of thioether (sulfide) groups is 1. The van der Waals surface area contributed by atoms with Crippen molar-refractivity contribution in [3.8, 4) is 6.07 Å². The summed E-state index contributed by atoms with van der Waals surface area (Å²) in [7, 11) is 0. The van der Waals surface area contributed by atoms with Crippen molar-refractivity contribution < 1.29 is 4.79 Å². The molecule has 1 saturated carbocycles. The molecule has 2 heterocycles. The SMILES string of the molecule is CC(Sc1nnc(Cc2cccs2)n1C1CC1)C(=O)Nc1cccc(C#N)c1. The molecule has 4 rings (SSSR count). The Labute approximate surface area is 171 Å². The molecule has 1 N–H and O–H groups in total. The Hall–Kier alpha value is -2.63. The molecule has 1 aliphatic rings. The molecule has 0 spiro atoms. The van der Waals surface area contributed by atoms with Gasteiger partial charge in [0.05, 0.1) is 16.9 Å². The molecule has 8 heteroatoms. The van der Waals surface area contributed by atoms with Gasteiger partial charge in [-0.1, -0.05) is 23.9 Å². The van der Waals surface area contributed by atoms with Crippen LogP contribution in [0.4, 0.5) is 5.69 Å². The number of benzene rings is 1. The zero-order chi connectivity index (χ0) is 19.5. The summed E-state index contributed by atoms with van der Waals surface area (Å²) in [5.74, 6) is 0.840. The van der Waals surface area contributed by atoms with E-state index in [4.69, 9.17) is 5.26 Å². The molecular weight excluding hydrogens is 390 g/mol. The Morgan fingerprint density at radius 2 is 2.25 bits per heavy atom. The summed E-state index contributed by atoms with van der Waals surface area (Å²) >= 11 is 3.14. The van der Waals surface area contributed by atoms with E-state index in [2.05, 4.69) is 37.6 Å². The number of rotatable bonds is 7. The molecule has 28 heavy (non-hydrogen) atoms. The number of amides is 1. The number of hydrogen-bond acceptors (Lipinski definition) is 6. The maximum atomic E-state index is 12.6. The molecule has 1 atom stereocenters. The van der Waals surface area contributed by atoms with Crippen molar-refractivity contribution in [2.24, 2.45) is 0 Å². The van der Waals surface area contributed by atoms with Gasteiger partial charge in [0.15, 0.2) is 5.16 Å². The molecule has 6 nitrogen and oxygen atoms in total. The standard InChI is InChI=1S/C20H19N5OS2/c1-13(19(26)22-15-5-2-4-14(10-15)12-21)28-20-24-23-18(25(20)16-7-8-16)11-17-6-3-9-27-17/h2-6,9-10,13,16H,7-8,11H2,1H3,(H,22,26). The molecule has 0 bridgehead atoms. The smallest absolute Gasteiger partial charge is 0.237 e. The lowest BCUT2D eigenvalue weighted by atomic mass is 10.2. The van der Waals surface area contributed by atoms with E-state index in [-0.39, 0.29) is 11.2 Å². The summed E-state index contributed by atoms with van der Waals surface area (Å²) in [4.78, 5) is 13.9. The van der Waals surface area contributed by atoms with Crippen molar-refractivity contribution in [1.82, 2.24) is 14.8 Å². The van der Waals surface area contributed by atoms with Crippen LogP contribution in [0.2, 0.25) is 0 Å². The van der Waals surface area contributed by atoms with E-state index in [0.29, 0.717) is 17.3 Å². The molecule has 1 aliphatic carbocycles. The molecule has 2 aromatic heterocycles. The van der Waals surface area contributed by atoms with Crippen LogP contribution in [0.15, 0.2) is 46.9 Å². The lowest BCUT2D eigenvalue weighted by Crippen LogP contribution is -2.23. The summed E-state index contributed by atoms with van der Waals surface area (Å²) in [6, 6.07) is 13.6. The number of aromatic nitrogens is 3. The van der Waals surface area contributed by atoms with Crippen LogP contribution in [0.5, 0.6) is 0 Å². The van der Waals surface area contributed by atoms with Gasteiger partial charge in [-0.2, -0.15) is 5.26 Å². The second kappa shape index (κ2) is 8.17. The van der Waals surface area contributed by atoms with E-state index < -0.39 is 0 Å². The lowest BCUT2D eigenvalue weighted by molar-refractivity contribution is -0.115.